The van der Waals surface area contributed by atoms with Crippen LogP contribution in [0.15, 0.2) is 30.3 Å². The molecule has 0 aliphatic rings. The quantitative estimate of drug-likeness (QED) is 0.884. The molecule has 0 spiro atoms. The summed E-state index contributed by atoms with van der Waals surface area (Å²) in [5.41, 5.74) is 1.06. The molecular formula is C13H12FN3O. The molecule has 1 amide bonds. The summed E-state index contributed by atoms with van der Waals surface area (Å²) < 4.78 is 13.4. The fraction of sp³-hybridized carbons (Fsp3) is 0.154. The van der Waals surface area contributed by atoms with Crippen molar-refractivity contribution in [3.63, 3.8) is 0 Å². The van der Waals surface area contributed by atoms with Crippen molar-refractivity contribution in [2.24, 2.45) is 0 Å². The highest BCUT2D eigenvalue weighted by atomic mass is 19.1. The van der Waals surface area contributed by atoms with Crippen LogP contribution in [0, 0.1) is 19.7 Å². The van der Waals surface area contributed by atoms with Crippen molar-refractivity contribution in [3.8, 4) is 0 Å². The van der Waals surface area contributed by atoms with Gasteiger partial charge in [0, 0.05) is 5.69 Å². The number of amides is 1. The van der Waals surface area contributed by atoms with Crippen molar-refractivity contribution < 1.29 is 9.18 Å². The molecule has 0 saturated carbocycles. The first kappa shape index (κ1) is 12.2. The summed E-state index contributed by atoms with van der Waals surface area (Å²) in [6.45, 7) is 3.47. The zero-order chi connectivity index (χ0) is 13.1. The van der Waals surface area contributed by atoms with E-state index in [1.54, 1.807) is 32.0 Å². The number of aromatic nitrogens is 2. The molecule has 1 aromatic carbocycles. The Kier molecular flexibility index (Phi) is 3.32. The molecule has 0 atom stereocenters. The van der Waals surface area contributed by atoms with Crippen LogP contribution >= 0.6 is 0 Å². The van der Waals surface area contributed by atoms with Crippen LogP contribution in [0.5, 0.6) is 0 Å². The summed E-state index contributed by atoms with van der Waals surface area (Å²) in [5.74, 6) is -0.421. The van der Waals surface area contributed by atoms with Gasteiger partial charge in [-0.25, -0.2) is 14.4 Å². The van der Waals surface area contributed by atoms with Gasteiger partial charge < -0.3 is 5.32 Å². The van der Waals surface area contributed by atoms with Crippen LogP contribution in [0.4, 0.5) is 10.1 Å². The van der Waals surface area contributed by atoms with E-state index in [0.717, 1.165) is 0 Å². The van der Waals surface area contributed by atoms with Crippen molar-refractivity contribution in [2.75, 3.05) is 5.32 Å². The van der Waals surface area contributed by atoms with Crippen LogP contribution in [-0.2, 0) is 0 Å². The van der Waals surface area contributed by atoms with Gasteiger partial charge >= 0.3 is 0 Å². The Labute approximate surface area is 104 Å². The van der Waals surface area contributed by atoms with Crippen LogP contribution in [0.3, 0.4) is 0 Å². The van der Waals surface area contributed by atoms with Crippen molar-refractivity contribution >= 4 is 11.6 Å². The lowest BCUT2D eigenvalue weighted by molar-refractivity contribution is 0.102. The van der Waals surface area contributed by atoms with Gasteiger partial charge in [-0.3, -0.25) is 4.79 Å². The lowest BCUT2D eigenvalue weighted by Crippen LogP contribution is -2.15. The molecule has 1 N–H and O–H groups in total. The summed E-state index contributed by atoms with van der Waals surface area (Å²) >= 11 is 0. The van der Waals surface area contributed by atoms with Gasteiger partial charge in [-0.2, -0.15) is 0 Å². The van der Waals surface area contributed by atoms with Crippen molar-refractivity contribution in [1.29, 1.82) is 0 Å². The predicted molar refractivity (Wildman–Crippen MR) is 65.9 cm³/mol. The second-order valence-electron chi connectivity index (χ2n) is 3.88. The van der Waals surface area contributed by atoms with E-state index in [9.17, 15) is 9.18 Å². The highest BCUT2D eigenvalue weighted by Crippen LogP contribution is 2.13. The first-order valence-corrected chi connectivity index (χ1v) is 5.44. The molecule has 18 heavy (non-hydrogen) atoms. The molecule has 0 aliphatic carbocycles. The van der Waals surface area contributed by atoms with Gasteiger partial charge in [0.05, 0.1) is 5.69 Å². The molecule has 2 aromatic rings. The third kappa shape index (κ3) is 2.68. The Hall–Kier alpha value is -2.30. The third-order valence-electron chi connectivity index (χ3n) is 2.32. The van der Waals surface area contributed by atoms with E-state index in [1.807, 2.05) is 0 Å². The van der Waals surface area contributed by atoms with Crippen LogP contribution in [0.25, 0.3) is 0 Å². The van der Waals surface area contributed by atoms with E-state index in [2.05, 4.69) is 15.3 Å². The first-order valence-electron chi connectivity index (χ1n) is 5.44. The number of rotatable bonds is 2. The van der Waals surface area contributed by atoms with E-state index in [0.29, 0.717) is 11.5 Å². The normalized spacial score (nSPS) is 10.2. The first-order chi connectivity index (χ1) is 8.56. The molecule has 0 bridgehead atoms. The lowest BCUT2D eigenvalue weighted by Gasteiger charge is -2.06. The second-order valence-corrected chi connectivity index (χ2v) is 3.88. The number of carbonyl (C=O) groups is 1. The molecule has 0 unspecified atom stereocenters. The number of hydrogen-bond donors (Lipinski definition) is 1. The topological polar surface area (TPSA) is 54.9 Å². The van der Waals surface area contributed by atoms with Gasteiger partial charge in [0.15, 0.2) is 0 Å². The van der Waals surface area contributed by atoms with Gasteiger partial charge in [-0.15, -0.1) is 0 Å². The second kappa shape index (κ2) is 4.91. The molecule has 0 aliphatic heterocycles. The smallest absolute Gasteiger partial charge is 0.274 e. The third-order valence-corrected chi connectivity index (χ3v) is 2.32. The summed E-state index contributed by atoms with van der Waals surface area (Å²) in [7, 11) is 0. The van der Waals surface area contributed by atoms with E-state index in [1.165, 1.54) is 12.1 Å². The van der Waals surface area contributed by atoms with Crippen LogP contribution in [0.1, 0.15) is 22.0 Å². The summed E-state index contributed by atoms with van der Waals surface area (Å²) in [4.78, 5) is 20.0. The van der Waals surface area contributed by atoms with Crippen molar-refractivity contribution in [1.82, 2.24) is 9.97 Å². The molecule has 1 aromatic heterocycles. The number of nitrogens with one attached hydrogen (secondary N) is 1. The summed E-state index contributed by atoms with van der Waals surface area (Å²) in [6.07, 6.45) is 0. The zero-order valence-corrected chi connectivity index (χ0v) is 10.1. The summed E-state index contributed by atoms with van der Waals surface area (Å²) in [5, 5.41) is 2.48. The average molecular weight is 245 g/mol. The molecule has 4 nitrogen and oxygen atoms in total. The van der Waals surface area contributed by atoms with Gasteiger partial charge in [0.1, 0.15) is 17.3 Å². The van der Waals surface area contributed by atoms with Gasteiger partial charge in [0.2, 0.25) is 0 Å². The van der Waals surface area contributed by atoms with Crippen LogP contribution in [-0.4, -0.2) is 15.9 Å². The van der Waals surface area contributed by atoms with Crippen molar-refractivity contribution in [3.05, 3.63) is 53.4 Å². The predicted octanol–water partition coefficient (Wildman–Crippen LogP) is 2.48. The molecule has 92 valence electrons. The number of hydrogen-bond acceptors (Lipinski definition) is 3. The minimum absolute atomic E-state index is 0.136. The Morgan fingerprint density at radius 1 is 1.22 bits per heavy atom. The Balaban J connectivity index is 2.25. The number of nitrogens with zero attached hydrogens (tertiary/aromatic N) is 2. The maximum absolute atomic E-state index is 13.4. The highest BCUT2D eigenvalue weighted by molar-refractivity contribution is 6.02. The van der Waals surface area contributed by atoms with Gasteiger partial charge in [-0.05, 0) is 32.0 Å². The molecule has 0 fully saturated rings. The molecule has 0 radical (unpaired) electrons. The highest BCUT2D eigenvalue weighted by Gasteiger charge is 2.11. The number of aryl methyl sites for hydroxylation is 2. The van der Waals surface area contributed by atoms with Crippen molar-refractivity contribution in [2.45, 2.75) is 13.8 Å². The minimum atomic E-state index is -0.478. The number of benzene rings is 1. The standard InChI is InChI=1S/C13H12FN3O/c1-8-7-12(16-9(2)15-8)13(18)17-11-6-4-3-5-10(11)14/h3-7H,1-2H3,(H,17,18). The molecular weight excluding hydrogens is 233 g/mol. The van der Waals surface area contributed by atoms with E-state index < -0.39 is 11.7 Å². The Bertz CT molecular complexity index is 578. The number of carbonyl (C=O) groups excluding carboxylic acids is 1. The maximum atomic E-state index is 13.4. The SMILES string of the molecule is Cc1cc(C(=O)Nc2ccccc2F)nc(C)n1. The molecule has 5 heteroatoms. The van der Waals surface area contributed by atoms with E-state index in [-0.39, 0.29) is 11.4 Å². The number of para-hydroxylation sites is 1. The Morgan fingerprint density at radius 3 is 2.61 bits per heavy atom. The monoisotopic (exact) mass is 245 g/mol. The van der Waals surface area contributed by atoms with E-state index >= 15 is 0 Å². The fourth-order valence-corrected chi connectivity index (χ4v) is 1.58. The van der Waals surface area contributed by atoms with Gasteiger partial charge in [0.25, 0.3) is 5.91 Å². The maximum Gasteiger partial charge on any atom is 0.274 e. The molecule has 0 saturated heterocycles. The minimum Gasteiger partial charge on any atom is -0.318 e. The largest absolute Gasteiger partial charge is 0.318 e. The summed E-state index contributed by atoms with van der Waals surface area (Å²) in [6, 6.07) is 7.54. The number of halogens is 1. The lowest BCUT2D eigenvalue weighted by atomic mass is 10.2. The van der Waals surface area contributed by atoms with Gasteiger partial charge in [-0.1, -0.05) is 12.1 Å². The Morgan fingerprint density at radius 2 is 1.94 bits per heavy atom. The molecule has 2 rings (SSSR count). The van der Waals surface area contributed by atoms with Crippen LogP contribution in [0.2, 0.25) is 0 Å². The van der Waals surface area contributed by atoms with E-state index in [4.69, 9.17) is 0 Å². The fourth-order valence-electron chi connectivity index (χ4n) is 1.58. The average Bonchev–Trinajstić information content (AvgIpc) is 2.31. The van der Waals surface area contributed by atoms with Crippen LogP contribution < -0.4 is 5.32 Å². The zero-order valence-electron chi connectivity index (χ0n) is 10.1. The number of anilines is 1. The molecule has 1 heterocycles.